The summed E-state index contributed by atoms with van der Waals surface area (Å²) in [5.41, 5.74) is 4.20. The topological polar surface area (TPSA) is 82.2 Å². The number of amides is 2. The van der Waals surface area contributed by atoms with Gasteiger partial charge in [0.2, 0.25) is 11.8 Å². The Balaban J connectivity index is 1.40. The lowest BCUT2D eigenvalue weighted by molar-refractivity contribution is -0.124. The molecular weight excluding hydrogens is 426 g/mol. The molecule has 34 heavy (non-hydrogen) atoms. The molecular formula is C27H27N5O2. The van der Waals surface area contributed by atoms with Crippen LogP contribution in [-0.4, -0.2) is 34.5 Å². The quantitative estimate of drug-likeness (QED) is 0.597. The Labute approximate surface area is 199 Å². The van der Waals surface area contributed by atoms with E-state index >= 15 is 0 Å². The predicted molar refractivity (Wildman–Crippen MR) is 129 cm³/mol. The van der Waals surface area contributed by atoms with E-state index in [1.54, 1.807) is 29.3 Å². The van der Waals surface area contributed by atoms with Crippen LogP contribution < -0.4 is 9.80 Å². The van der Waals surface area contributed by atoms with Crippen molar-refractivity contribution < 1.29 is 9.59 Å². The molecule has 5 rings (SSSR count). The van der Waals surface area contributed by atoms with Crippen molar-refractivity contribution in [3.05, 3.63) is 77.9 Å². The summed E-state index contributed by atoms with van der Waals surface area (Å²) in [7, 11) is 0. The number of carbonyl (C=O) groups is 2. The van der Waals surface area contributed by atoms with Crippen LogP contribution in [0.2, 0.25) is 0 Å². The number of hydrogen-bond acceptors (Lipinski definition) is 4. The summed E-state index contributed by atoms with van der Waals surface area (Å²) < 4.78 is 2.06. The van der Waals surface area contributed by atoms with Crippen molar-refractivity contribution in [1.82, 2.24) is 9.55 Å². The third-order valence-electron chi connectivity index (χ3n) is 7.08. The average Bonchev–Trinajstić information content (AvgIpc) is 3.56. The number of nitrogens with zero attached hydrogens (tertiary/aromatic N) is 5. The first-order valence-electron chi connectivity index (χ1n) is 11.5. The van der Waals surface area contributed by atoms with Crippen LogP contribution in [0.5, 0.6) is 0 Å². The molecule has 2 aromatic carbocycles. The van der Waals surface area contributed by atoms with Crippen LogP contribution in [0.1, 0.15) is 49.9 Å². The van der Waals surface area contributed by atoms with Crippen LogP contribution in [-0.2, 0) is 15.0 Å². The van der Waals surface area contributed by atoms with Gasteiger partial charge in [-0.1, -0.05) is 32.0 Å². The lowest BCUT2D eigenvalue weighted by Crippen LogP contribution is -2.39. The number of anilines is 2. The minimum atomic E-state index is -0.412. The lowest BCUT2D eigenvalue weighted by atomic mass is 9.85. The van der Waals surface area contributed by atoms with Crippen LogP contribution in [0.15, 0.2) is 61.2 Å². The molecule has 0 bridgehead atoms. The van der Waals surface area contributed by atoms with Crippen molar-refractivity contribution >= 4 is 23.2 Å². The maximum Gasteiger partial charge on any atom is 0.232 e. The molecule has 0 N–H and O–H groups in total. The number of hydrogen-bond donors (Lipinski definition) is 0. The molecule has 7 nitrogen and oxygen atoms in total. The predicted octanol–water partition coefficient (Wildman–Crippen LogP) is 4.04. The molecule has 1 unspecified atom stereocenters. The summed E-state index contributed by atoms with van der Waals surface area (Å²) in [4.78, 5) is 34.0. The molecule has 2 aliphatic heterocycles. The maximum atomic E-state index is 13.6. The van der Waals surface area contributed by atoms with E-state index in [0.717, 1.165) is 11.3 Å². The smallest absolute Gasteiger partial charge is 0.232 e. The van der Waals surface area contributed by atoms with Gasteiger partial charge in [0, 0.05) is 48.7 Å². The second-order valence-electron chi connectivity index (χ2n) is 9.84. The first kappa shape index (κ1) is 21.9. The molecule has 1 fully saturated rings. The van der Waals surface area contributed by atoms with Gasteiger partial charge < -0.3 is 14.4 Å². The maximum absolute atomic E-state index is 13.6. The number of imidazole rings is 1. The highest BCUT2D eigenvalue weighted by atomic mass is 16.2. The summed E-state index contributed by atoms with van der Waals surface area (Å²) in [6.45, 7) is 7.36. The van der Waals surface area contributed by atoms with Gasteiger partial charge in [-0.3, -0.25) is 9.59 Å². The Kier molecular flexibility index (Phi) is 5.24. The van der Waals surface area contributed by atoms with Gasteiger partial charge in [0.1, 0.15) is 0 Å². The first-order valence-corrected chi connectivity index (χ1v) is 11.5. The van der Waals surface area contributed by atoms with Gasteiger partial charge in [0.05, 0.1) is 29.9 Å². The fraction of sp³-hybridized carbons (Fsp3) is 0.333. The summed E-state index contributed by atoms with van der Waals surface area (Å²) in [6.07, 6.45) is 5.72. The lowest BCUT2D eigenvalue weighted by Gasteiger charge is -2.23. The third kappa shape index (κ3) is 3.65. The Morgan fingerprint density at radius 1 is 1.24 bits per heavy atom. The van der Waals surface area contributed by atoms with Gasteiger partial charge in [-0.25, -0.2) is 4.98 Å². The van der Waals surface area contributed by atoms with Gasteiger partial charge in [0.15, 0.2) is 0 Å². The van der Waals surface area contributed by atoms with Crippen molar-refractivity contribution in [2.75, 3.05) is 22.9 Å². The van der Waals surface area contributed by atoms with Crippen molar-refractivity contribution in [3.8, 4) is 6.07 Å². The van der Waals surface area contributed by atoms with Gasteiger partial charge in [-0.15, -0.1) is 0 Å². The fourth-order valence-corrected chi connectivity index (χ4v) is 5.11. The van der Waals surface area contributed by atoms with E-state index < -0.39 is 5.92 Å². The van der Waals surface area contributed by atoms with Crippen LogP contribution in [0.3, 0.4) is 0 Å². The second kappa shape index (κ2) is 8.14. The molecule has 2 aliphatic rings. The molecule has 0 aliphatic carbocycles. The van der Waals surface area contributed by atoms with E-state index in [0.29, 0.717) is 24.3 Å². The van der Waals surface area contributed by atoms with Crippen molar-refractivity contribution in [1.29, 1.82) is 5.26 Å². The zero-order valence-corrected chi connectivity index (χ0v) is 19.6. The summed E-state index contributed by atoms with van der Waals surface area (Å²) in [6, 6.07) is 15.5. The summed E-state index contributed by atoms with van der Waals surface area (Å²) in [5.74, 6) is -0.518. The largest absolute Gasteiger partial charge is 0.330 e. The SMILES string of the molecule is CC(c1ccc2c(c1)C(C)(C)CN2C(=O)[C@H]1CC(=O)N(c2cccc(C#N)c2)C1)n1ccnc1. The van der Waals surface area contributed by atoms with Gasteiger partial charge in [-0.05, 0) is 42.3 Å². The van der Waals surface area contributed by atoms with E-state index in [2.05, 4.69) is 48.5 Å². The number of aromatic nitrogens is 2. The Morgan fingerprint density at radius 2 is 2.06 bits per heavy atom. The van der Waals surface area contributed by atoms with E-state index in [-0.39, 0.29) is 29.7 Å². The normalized spacial score (nSPS) is 19.7. The Morgan fingerprint density at radius 3 is 2.79 bits per heavy atom. The number of fused-ring (bicyclic) bond motifs is 1. The average molecular weight is 454 g/mol. The molecule has 2 atom stereocenters. The first-order chi connectivity index (χ1) is 16.3. The summed E-state index contributed by atoms with van der Waals surface area (Å²) >= 11 is 0. The van der Waals surface area contributed by atoms with E-state index in [1.807, 2.05) is 29.6 Å². The van der Waals surface area contributed by atoms with Crippen molar-refractivity contribution in [3.63, 3.8) is 0 Å². The molecule has 3 aromatic rings. The molecule has 3 heterocycles. The monoisotopic (exact) mass is 453 g/mol. The second-order valence-corrected chi connectivity index (χ2v) is 9.84. The molecule has 0 saturated carbocycles. The Bertz CT molecular complexity index is 1300. The molecule has 1 saturated heterocycles. The minimum Gasteiger partial charge on any atom is -0.330 e. The van der Waals surface area contributed by atoms with E-state index in [4.69, 9.17) is 0 Å². The van der Waals surface area contributed by atoms with Crippen molar-refractivity contribution in [2.24, 2.45) is 5.92 Å². The van der Waals surface area contributed by atoms with Crippen LogP contribution >= 0.6 is 0 Å². The van der Waals surface area contributed by atoms with Gasteiger partial charge in [-0.2, -0.15) is 5.26 Å². The van der Waals surface area contributed by atoms with Crippen LogP contribution in [0, 0.1) is 17.2 Å². The third-order valence-corrected chi connectivity index (χ3v) is 7.08. The number of benzene rings is 2. The highest BCUT2D eigenvalue weighted by Gasteiger charge is 2.43. The number of carbonyl (C=O) groups excluding carboxylic acids is 2. The number of rotatable bonds is 4. The van der Waals surface area contributed by atoms with Crippen LogP contribution in [0.25, 0.3) is 0 Å². The van der Waals surface area contributed by atoms with E-state index in [9.17, 15) is 14.9 Å². The molecule has 0 radical (unpaired) electrons. The Hall–Kier alpha value is -3.92. The van der Waals surface area contributed by atoms with E-state index in [1.165, 1.54) is 5.56 Å². The molecule has 0 spiro atoms. The molecule has 2 amide bonds. The zero-order chi connectivity index (χ0) is 24.0. The minimum absolute atomic E-state index is 0.0190. The molecule has 172 valence electrons. The standard InChI is InChI=1S/C27H27N5O2/c1-18(30-10-9-29-17-30)20-7-8-24-23(12-20)27(2,3)16-32(24)26(34)21-13-25(33)31(15-21)22-6-4-5-19(11-22)14-28/h4-12,17-18,21H,13,15-16H2,1-3H3/t18?,21-/m0/s1. The fourth-order valence-electron chi connectivity index (χ4n) is 5.11. The van der Waals surface area contributed by atoms with Crippen LogP contribution in [0.4, 0.5) is 11.4 Å². The highest BCUT2D eigenvalue weighted by Crippen LogP contribution is 2.43. The van der Waals surface area contributed by atoms with Gasteiger partial charge in [0.25, 0.3) is 0 Å². The zero-order valence-electron chi connectivity index (χ0n) is 19.6. The number of nitriles is 1. The highest BCUT2D eigenvalue weighted by molar-refractivity contribution is 6.05. The van der Waals surface area contributed by atoms with Crippen molar-refractivity contribution in [2.45, 2.75) is 38.6 Å². The molecule has 7 heteroatoms. The molecule has 1 aromatic heterocycles. The van der Waals surface area contributed by atoms with Gasteiger partial charge >= 0.3 is 0 Å². The summed E-state index contributed by atoms with van der Waals surface area (Å²) in [5, 5.41) is 9.19.